The molecular formula is C18H10BrNO3. The van der Waals surface area contributed by atoms with Crippen LogP contribution in [0.15, 0.2) is 59.1 Å². The van der Waals surface area contributed by atoms with Crippen molar-refractivity contribution < 1.29 is 14.7 Å². The smallest absolute Gasteiger partial charge is 0.266 e. The molecule has 3 aromatic rings. The molecule has 0 fully saturated rings. The molecular weight excluding hydrogens is 358 g/mol. The summed E-state index contributed by atoms with van der Waals surface area (Å²) in [4.78, 5) is 26.8. The number of imide groups is 1. The summed E-state index contributed by atoms with van der Waals surface area (Å²) in [7, 11) is 0. The normalized spacial score (nSPS) is 13.7. The van der Waals surface area contributed by atoms with Gasteiger partial charge in [-0.15, -0.1) is 0 Å². The molecule has 1 aliphatic rings. The van der Waals surface area contributed by atoms with E-state index in [0.29, 0.717) is 22.2 Å². The monoisotopic (exact) mass is 367 g/mol. The number of phenols is 1. The lowest BCUT2D eigenvalue weighted by molar-refractivity contribution is 0.0893. The molecule has 0 bridgehead atoms. The highest BCUT2D eigenvalue weighted by atomic mass is 79.9. The van der Waals surface area contributed by atoms with E-state index in [1.54, 1.807) is 30.3 Å². The summed E-state index contributed by atoms with van der Waals surface area (Å²) in [5.41, 5.74) is 1.29. The Labute approximate surface area is 140 Å². The predicted octanol–water partition coefficient (Wildman–Crippen LogP) is 4.11. The van der Waals surface area contributed by atoms with Crippen LogP contribution in [-0.4, -0.2) is 16.9 Å². The van der Waals surface area contributed by atoms with E-state index in [2.05, 4.69) is 15.9 Å². The molecule has 0 radical (unpaired) electrons. The summed E-state index contributed by atoms with van der Waals surface area (Å²) in [6.45, 7) is 0. The minimum Gasteiger partial charge on any atom is -0.508 e. The Morgan fingerprint density at radius 3 is 2.39 bits per heavy atom. The van der Waals surface area contributed by atoms with Gasteiger partial charge in [0.25, 0.3) is 11.8 Å². The van der Waals surface area contributed by atoms with E-state index >= 15 is 0 Å². The lowest BCUT2D eigenvalue weighted by atomic mass is 9.94. The summed E-state index contributed by atoms with van der Waals surface area (Å²) >= 11 is 3.41. The van der Waals surface area contributed by atoms with E-state index in [-0.39, 0.29) is 11.7 Å². The van der Waals surface area contributed by atoms with Crippen molar-refractivity contribution in [3.63, 3.8) is 0 Å². The topological polar surface area (TPSA) is 57.6 Å². The van der Waals surface area contributed by atoms with Crippen LogP contribution in [0.2, 0.25) is 0 Å². The van der Waals surface area contributed by atoms with Crippen LogP contribution in [0.1, 0.15) is 20.7 Å². The number of hydrogen-bond donors (Lipinski definition) is 1. The predicted molar refractivity (Wildman–Crippen MR) is 90.9 cm³/mol. The first-order valence-corrected chi connectivity index (χ1v) is 7.75. The first kappa shape index (κ1) is 14.0. The third-order valence-corrected chi connectivity index (χ3v) is 4.35. The third kappa shape index (κ3) is 2.04. The van der Waals surface area contributed by atoms with Gasteiger partial charge in [0.15, 0.2) is 0 Å². The van der Waals surface area contributed by atoms with Gasteiger partial charge in [0.1, 0.15) is 5.75 Å². The molecule has 0 spiro atoms. The standard InChI is InChI=1S/C18H10BrNO3/c19-11-7-10-3-1-6-14-16(10)15(8-11)18(23)20(17(14)22)12-4-2-5-13(21)9-12/h1-9,21H. The number of aromatic hydroxyl groups is 1. The fraction of sp³-hybridized carbons (Fsp3) is 0. The lowest BCUT2D eigenvalue weighted by Crippen LogP contribution is -2.40. The molecule has 0 saturated carbocycles. The van der Waals surface area contributed by atoms with Gasteiger partial charge in [-0.1, -0.05) is 34.1 Å². The number of hydrogen-bond acceptors (Lipinski definition) is 3. The van der Waals surface area contributed by atoms with E-state index < -0.39 is 5.91 Å². The zero-order valence-corrected chi connectivity index (χ0v) is 13.4. The van der Waals surface area contributed by atoms with Gasteiger partial charge >= 0.3 is 0 Å². The summed E-state index contributed by atoms with van der Waals surface area (Å²) in [6.07, 6.45) is 0. The molecule has 112 valence electrons. The van der Waals surface area contributed by atoms with Crippen LogP contribution >= 0.6 is 15.9 Å². The number of rotatable bonds is 1. The van der Waals surface area contributed by atoms with Crippen molar-refractivity contribution in [3.05, 3.63) is 70.2 Å². The second-order valence-electron chi connectivity index (χ2n) is 5.32. The van der Waals surface area contributed by atoms with Gasteiger partial charge in [-0.3, -0.25) is 9.59 Å². The van der Waals surface area contributed by atoms with Gasteiger partial charge in [0.05, 0.1) is 11.3 Å². The molecule has 0 unspecified atom stereocenters. The number of carbonyl (C=O) groups is 2. The zero-order chi connectivity index (χ0) is 16.1. The van der Waals surface area contributed by atoms with E-state index in [9.17, 15) is 14.7 Å². The second-order valence-corrected chi connectivity index (χ2v) is 6.24. The summed E-state index contributed by atoms with van der Waals surface area (Å²) < 4.78 is 0.774. The Balaban J connectivity index is 2.02. The summed E-state index contributed by atoms with van der Waals surface area (Å²) in [5, 5.41) is 11.2. The van der Waals surface area contributed by atoms with Crippen molar-refractivity contribution in [2.45, 2.75) is 0 Å². The molecule has 1 N–H and O–H groups in total. The Bertz CT molecular complexity index is 997. The van der Waals surface area contributed by atoms with E-state index in [4.69, 9.17) is 0 Å². The quantitative estimate of drug-likeness (QED) is 0.658. The van der Waals surface area contributed by atoms with Gasteiger partial charge < -0.3 is 5.11 Å². The molecule has 3 aromatic carbocycles. The van der Waals surface area contributed by atoms with Crippen molar-refractivity contribution in [1.29, 1.82) is 0 Å². The minimum absolute atomic E-state index is 0.00125. The molecule has 0 aromatic heterocycles. The molecule has 1 aliphatic heterocycles. The number of phenolic OH excluding ortho intramolecular Hbond substituents is 1. The maximum Gasteiger partial charge on any atom is 0.266 e. The molecule has 2 amide bonds. The maximum absolute atomic E-state index is 12.9. The van der Waals surface area contributed by atoms with Gasteiger partial charge in [0, 0.05) is 21.5 Å². The minimum atomic E-state index is -0.398. The van der Waals surface area contributed by atoms with Crippen LogP contribution in [0.4, 0.5) is 5.69 Å². The number of nitrogens with zero attached hydrogens (tertiary/aromatic N) is 1. The SMILES string of the molecule is O=C1c2cccc3cc(Br)cc(c23)C(=O)N1c1cccc(O)c1. The van der Waals surface area contributed by atoms with E-state index in [1.165, 1.54) is 12.1 Å². The maximum atomic E-state index is 12.9. The Kier molecular flexibility index (Phi) is 2.99. The van der Waals surface area contributed by atoms with Crippen molar-refractivity contribution in [2.75, 3.05) is 4.90 Å². The highest BCUT2D eigenvalue weighted by Crippen LogP contribution is 2.35. The van der Waals surface area contributed by atoms with Gasteiger partial charge in [-0.2, -0.15) is 0 Å². The molecule has 1 heterocycles. The molecule has 4 rings (SSSR count). The molecule has 23 heavy (non-hydrogen) atoms. The first-order valence-electron chi connectivity index (χ1n) is 6.96. The third-order valence-electron chi connectivity index (χ3n) is 3.90. The number of amides is 2. The highest BCUT2D eigenvalue weighted by molar-refractivity contribution is 9.10. The van der Waals surface area contributed by atoms with Crippen molar-refractivity contribution in [1.82, 2.24) is 0 Å². The van der Waals surface area contributed by atoms with Crippen molar-refractivity contribution in [2.24, 2.45) is 0 Å². The van der Waals surface area contributed by atoms with Crippen LogP contribution in [-0.2, 0) is 0 Å². The average molecular weight is 368 g/mol. The lowest BCUT2D eigenvalue weighted by Gasteiger charge is -2.27. The number of halogens is 1. The Morgan fingerprint density at radius 2 is 1.61 bits per heavy atom. The largest absolute Gasteiger partial charge is 0.508 e. The molecule has 0 atom stereocenters. The molecule has 5 heteroatoms. The van der Waals surface area contributed by atoms with Crippen LogP contribution in [0.3, 0.4) is 0 Å². The van der Waals surface area contributed by atoms with Crippen LogP contribution in [0, 0.1) is 0 Å². The molecule has 4 nitrogen and oxygen atoms in total. The van der Waals surface area contributed by atoms with Gasteiger partial charge in [-0.25, -0.2) is 4.90 Å². The highest BCUT2D eigenvalue weighted by Gasteiger charge is 2.34. The zero-order valence-electron chi connectivity index (χ0n) is 11.8. The van der Waals surface area contributed by atoms with Crippen LogP contribution in [0.25, 0.3) is 10.8 Å². The van der Waals surface area contributed by atoms with E-state index in [1.807, 2.05) is 12.1 Å². The number of carbonyl (C=O) groups excluding carboxylic acids is 2. The fourth-order valence-corrected chi connectivity index (χ4v) is 3.41. The Morgan fingerprint density at radius 1 is 0.870 bits per heavy atom. The van der Waals surface area contributed by atoms with Gasteiger partial charge in [-0.05, 0) is 35.7 Å². The van der Waals surface area contributed by atoms with Crippen LogP contribution in [0.5, 0.6) is 5.75 Å². The van der Waals surface area contributed by atoms with Gasteiger partial charge in [0.2, 0.25) is 0 Å². The van der Waals surface area contributed by atoms with Crippen molar-refractivity contribution >= 4 is 44.2 Å². The summed E-state index contributed by atoms with van der Waals surface area (Å²) in [6, 6.07) is 15.1. The average Bonchev–Trinajstić information content (AvgIpc) is 2.52. The second kappa shape index (κ2) is 4.93. The first-order chi connectivity index (χ1) is 11.1. The number of benzene rings is 3. The van der Waals surface area contributed by atoms with Crippen LogP contribution < -0.4 is 4.90 Å². The van der Waals surface area contributed by atoms with E-state index in [0.717, 1.165) is 14.8 Å². The molecule has 0 saturated heterocycles. The van der Waals surface area contributed by atoms with Crippen molar-refractivity contribution in [3.8, 4) is 5.75 Å². The Hall–Kier alpha value is -2.66. The molecule has 0 aliphatic carbocycles. The number of anilines is 1. The summed E-state index contributed by atoms with van der Waals surface area (Å²) in [5.74, 6) is -0.784. The fourth-order valence-electron chi connectivity index (χ4n) is 2.94.